The molecule has 0 aliphatic rings. The summed E-state index contributed by atoms with van der Waals surface area (Å²) in [6, 6.07) is 0. The second-order valence-electron chi connectivity index (χ2n) is 0.289. The SMILES string of the molecule is [CH2-][B][CH2-].[CH3-].[V+2].[Y]. The molecule has 0 amide bonds. The van der Waals surface area contributed by atoms with E-state index in [2.05, 4.69) is 13.6 Å². The van der Waals surface area contributed by atoms with Crippen molar-refractivity contribution in [3.05, 3.63) is 21.1 Å². The molecule has 0 nitrogen and oxygen atoms in total. The molecular weight excluding hydrogens is 187 g/mol. The maximum atomic E-state index is 3.25. The molecule has 0 bridgehead atoms. The van der Waals surface area contributed by atoms with Crippen molar-refractivity contribution in [2.24, 2.45) is 0 Å². The maximum absolute atomic E-state index is 3.25. The molecule has 0 aromatic heterocycles. The van der Waals surface area contributed by atoms with Gasteiger partial charge >= 0.3 is 18.6 Å². The minimum atomic E-state index is 0. The van der Waals surface area contributed by atoms with E-state index in [4.69, 9.17) is 0 Å². The average Bonchev–Trinajstić information content (AvgIpc) is 0.918. The molecule has 0 aliphatic carbocycles. The van der Waals surface area contributed by atoms with Gasteiger partial charge in [-0.3, -0.25) is 0 Å². The summed E-state index contributed by atoms with van der Waals surface area (Å²) in [5.74, 6) is 0. The van der Waals surface area contributed by atoms with Gasteiger partial charge in [-0.25, -0.2) is 0 Å². The molecule has 3 heteroatoms. The van der Waals surface area contributed by atoms with Crippen molar-refractivity contribution in [3.8, 4) is 0 Å². The summed E-state index contributed by atoms with van der Waals surface area (Å²) in [4.78, 5) is 0. The molecule has 3 radical (unpaired) electrons. The van der Waals surface area contributed by atoms with Gasteiger partial charge in [0.1, 0.15) is 0 Å². The van der Waals surface area contributed by atoms with Gasteiger partial charge in [0.2, 0.25) is 0 Å². The zero-order valence-corrected chi connectivity index (χ0v) is 8.25. The van der Waals surface area contributed by atoms with E-state index >= 15 is 0 Å². The van der Waals surface area contributed by atoms with Crippen LogP contribution in [0.15, 0.2) is 0 Å². The molecule has 0 saturated carbocycles. The van der Waals surface area contributed by atoms with Crippen LogP contribution in [-0.4, -0.2) is 7.28 Å². The van der Waals surface area contributed by atoms with Crippen LogP contribution in [0.3, 0.4) is 0 Å². The van der Waals surface area contributed by atoms with E-state index in [1.54, 1.807) is 0 Å². The molecule has 0 spiro atoms. The monoisotopic (exact) mass is 194 g/mol. The smallest absolute Gasteiger partial charge is 0.402 e. The van der Waals surface area contributed by atoms with Gasteiger partial charge in [0.25, 0.3) is 0 Å². The van der Waals surface area contributed by atoms with Crippen molar-refractivity contribution in [2.75, 3.05) is 0 Å². The van der Waals surface area contributed by atoms with E-state index in [9.17, 15) is 0 Å². The summed E-state index contributed by atoms with van der Waals surface area (Å²) in [5, 5.41) is 0. The Hall–Kier alpha value is 1.75. The summed E-state index contributed by atoms with van der Waals surface area (Å²) in [6.45, 7) is 6.50. The first-order valence-electron chi connectivity index (χ1n) is 0.816. The zero-order valence-electron chi connectivity index (χ0n) is 4.02. The van der Waals surface area contributed by atoms with Gasteiger partial charge in [0.15, 0.2) is 0 Å². The molecule has 0 fully saturated rings. The second-order valence-corrected chi connectivity index (χ2v) is 0.289. The van der Waals surface area contributed by atoms with Gasteiger partial charge in [-0.1, -0.05) is 0 Å². The van der Waals surface area contributed by atoms with E-state index in [1.807, 2.05) is 0 Å². The third kappa shape index (κ3) is 42.3. The number of rotatable bonds is 0. The van der Waals surface area contributed by atoms with E-state index in [0.29, 0.717) is 0 Å². The molecule has 0 heterocycles. The van der Waals surface area contributed by atoms with Crippen LogP contribution in [0.25, 0.3) is 0 Å². The Labute approximate surface area is 78.9 Å². The van der Waals surface area contributed by atoms with Crippen LogP contribution in [-0.2, 0) is 51.3 Å². The molecule has 0 unspecified atom stereocenters. The van der Waals surface area contributed by atoms with Crippen LogP contribution in [0.5, 0.6) is 0 Å². The second kappa shape index (κ2) is 29.5. The van der Waals surface area contributed by atoms with Crippen molar-refractivity contribution in [3.63, 3.8) is 0 Å². The molecule has 0 aliphatic heterocycles. The van der Waals surface area contributed by atoms with Crippen LogP contribution in [0.4, 0.5) is 0 Å². The van der Waals surface area contributed by atoms with Gasteiger partial charge in [-0.2, -0.15) is 0 Å². The van der Waals surface area contributed by atoms with E-state index < -0.39 is 0 Å². The summed E-state index contributed by atoms with van der Waals surface area (Å²) < 4.78 is 0. The third-order valence-corrected chi connectivity index (χ3v) is 0. The Kier molecular flexibility index (Phi) is 123. The molecule has 0 N–H and O–H groups in total. The van der Waals surface area contributed by atoms with Gasteiger partial charge in [-0.15, -0.1) is 0 Å². The van der Waals surface area contributed by atoms with Crippen LogP contribution >= 0.6 is 0 Å². The van der Waals surface area contributed by atoms with Crippen LogP contribution < -0.4 is 0 Å². The normalized spacial score (nSPS) is 2.33. The third-order valence-electron chi connectivity index (χ3n) is 0. The van der Waals surface area contributed by atoms with Gasteiger partial charge < -0.3 is 28.4 Å². The van der Waals surface area contributed by atoms with E-state index in [-0.39, 0.29) is 58.7 Å². The van der Waals surface area contributed by atoms with Gasteiger partial charge in [0, 0.05) is 32.7 Å². The summed E-state index contributed by atoms with van der Waals surface area (Å²) in [5.41, 5.74) is 0. The maximum Gasteiger partial charge on any atom is 2.00 e. The Bertz CT molecular complexity index is 10.8. The number of hydrogen-bond donors (Lipinski definition) is 0. The first-order chi connectivity index (χ1) is 1.41. The van der Waals surface area contributed by atoms with Crippen molar-refractivity contribution < 1.29 is 51.3 Å². The molecular formula is C3H7BVY-. The van der Waals surface area contributed by atoms with E-state index in [0.717, 1.165) is 0 Å². The average molecular weight is 194 g/mol. The summed E-state index contributed by atoms with van der Waals surface area (Å²) >= 11 is 0. The predicted molar refractivity (Wildman–Crippen MR) is 22.9 cm³/mol. The Morgan fingerprint density at radius 3 is 1.17 bits per heavy atom. The Morgan fingerprint density at radius 2 is 1.17 bits per heavy atom. The molecule has 0 aromatic rings. The largest absolute Gasteiger partial charge is 2.00 e. The van der Waals surface area contributed by atoms with E-state index in [1.165, 1.54) is 7.28 Å². The first-order valence-corrected chi connectivity index (χ1v) is 0.816. The predicted octanol–water partition coefficient (Wildman–Crippen LogP) is 0.719. The topological polar surface area (TPSA) is 0 Å². The standard InChI is InChI=1S/C2H4B.CH3.V.Y/c1-3-2;;;/h1-2H2;1H3;;/q-2;-1;+2;. The summed E-state index contributed by atoms with van der Waals surface area (Å²) in [7, 11) is 1.50. The zero-order chi connectivity index (χ0) is 2.71. The molecule has 0 aromatic carbocycles. The quantitative estimate of drug-likeness (QED) is 0.393. The minimum Gasteiger partial charge on any atom is -0.402 e. The fourth-order valence-corrected chi connectivity index (χ4v) is 0. The van der Waals surface area contributed by atoms with Crippen LogP contribution in [0.2, 0.25) is 0 Å². The number of hydrogen-bond acceptors (Lipinski definition) is 0. The fourth-order valence-electron chi connectivity index (χ4n) is 0. The molecule has 0 rings (SSSR count). The van der Waals surface area contributed by atoms with Gasteiger partial charge in [-0.05, 0) is 0 Å². The van der Waals surface area contributed by atoms with Gasteiger partial charge in [0.05, 0.1) is 0 Å². The Morgan fingerprint density at radius 1 is 1.17 bits per heavy atom. The van der Waals surface area contributed by atoms with Crippen LogP contribution in [0.1, 0.15) is 0 Å². The molecule has 0 atom stereocenters. The fraction of sp³-hybridized carbons (Fsp3) is 0. The summed E-state index contributed by atoms with van der Waals surface area (Å²) in [6.07, 6.45) is 0. The van der Waals surface area contributed by atoms with Crippen LogP contribution in [0, 0.1) is 21.1 Å². The molecule has 6 heavy (non-hydrogen) atoms. The van der Waals surface area contributed by atoms with Crippen molar-refractivity contribution in [2.45, 2.75) is 0 Å². The molecule has 0 saturated heterocycles. The minimum absolute atomic E-state index is 0. The van der Waals surface area contributed by atoms with Crippen molar-refractivity contribution >= 4 is 7.28 Å². The van der Waals surface area contributed by atoms with Crippen molar-refractivity contribution in [1.82, 2.24) is 0 Å². The van der Waals surface area contributed by atoms with Crippen molar-refractivity contribution in [1.29, 1.82) is 0 Å². The Balaban J connectivity index is -0.00000000667. The first kappa shape index (κ1) is 25.1. The molecule has 31 valence electrons.